The fraction of sp³-hybridized carbons (Fsp3) is 0.0588. The Morgan fingerprint density at radius 1 is 1.10 bits per heavy atom. The van der Waals surface area contributed by atoms with Gasteiger partial charge in [0.1, 0.15) is 12.0 Å². The van der Waals surface area contributed by atoms with Crippen LogP contribution in [0.1, 0.15) is 10.4 Å². The first-order valence-electron chi connectivity index (χ1n) is 6.56. The van der Waals surface area contributed by atoms with Crippen LogP contribution in [0.15, 0.2) is 54.7 Å². The molecule has 0 atom stereocenters. The first kappa shape index (κ1) is 13.1. The summed E-state index contributed by atoms with van der Waals surface area (Å²) < 4.78 is 5.40. The van der Waals surface area contributed by atoms with Crippen LogP contribution in [0.25, 0.3) is 22.4 Å². The average molecular weight is 278 g/mol. The number of aromatic nitrogens is 2. The van der Waals surface area contributed by atoms with E-state index in [0.717, 1.165) is 28.7 Å². The lowest BCUT2D eigenvalue weighted by atomic mass is 9.99. The van der Waals surface area contributed by atoms with Gasteiger partial charge in [-0.2, -0.15) is 5.10 Å². The molecule has 4 heteroatoms. The van der Waals surface area contributed by atoms with E-state index in [0.29, 0.717) is 11.3 Å². The fourth-order valence-electron chi connectivity index (χ4n) is 2.32. The number of hydrogen-bond acceptors (Lipinski definition) is 3. The zero-order valence-corrected chi connectivity index (χ0v) is 11.5. The quantitative estimate of drug-likeness (QED) is 0.742. The normalized spacial score (nSPS) is 10.3. The second-order valence-corrected chi connectivity index (χ2v) is 4.60. The summed E-state index contributed by atoms with van der Waals surface area (Å²) in [6.07, 6.45) is 2.57. The van der Waals surface area contributed by atoms with E-state index < -0.39 is 0 Å². The highest BCUT2D eigenvalue weighted by Crippen LogP contribution is 2.36. The number of methoxy groups -OCH3 is 1. The maximum atomic E-state index is 11.0. The number of hydrogen-bond donors (Lipinski definition) is 1. The van der Waals surface area contributed by atoms with Gasteiger partial charge in [-0.3, -0.25) is 9.89 Å². The molecule has 1 aromatic heterocycles. The van der Waals surface area contributed by atoms with Crippen LogP contribution in [0, 0.1) is 0 Å². The number of aromatic amines is 1. The van der Waals surface area contributed by atoms with Gasteiger partial charge in [0.2, 0.25) is 0 Å². The molecule has 0 bridgehead atoms. The molecule has 0 spiro atoms. The van der Waals surface area contributed by atoms with Gasteiger partial charge in [0, 0.05) is 22.3 Å². The highest BCUT2D eigenvalue weighted by Gasteiger charge is 2.14. The average Bonchev–Trinajstić information content (AvgIpc) is 3.04. The second-order valence-electron chi connectivity index (χ2n) is 4.60. The lowest BCUT2D eigenvalue weighted by Crippen LogP contribution is -1.91. The van der Waals surface area contributed by atoms with Crippen LogP contribution in [0.4, 0.5) is 0 Å². The van der Waals surface area contributed by atoms with E-state index in [1.54, 1.807) is 25.4 Å². The summed E-state index contributed by atoms with van der Waals surface area (Å²) in [6, 6.07) is 15.3. The molecule has 0 unspecified atom stereocenters. The number of aldehydes is 1. The van der Waals surface area contributed by atoms with Crippen molar-refractivity contribution in [1.29, 1.82) is 0 Å². The van der Waals surface area contributed by atoms with Gasteiger partial charge in [0.05, 0.1) is 19.0 Å². The molecule has 0 aliphatic heterocycles. The zero-order chi connectivity index (χ0) is 14.7. The number of nitrogens with one attached hydrogen (secondary N) is 1. The van der Waals surface area contributed by atoms with Crippen molar-refractivity contribution >= 4 is 6.29 Å². The standard InChI is InChI=1S/C17H14N2O2/c1-21-16-8-7-12(11-20)9-14(16)15-10-18-19-17(15)13-5-3-2-4-6-13/h2-11H,1H3,(H,18,19). The molecule has 21 heavy (non-hydrogen) atoms. The Labute approximate surface area is 122 Å². The molecule has 2 aromatic carbocycles. The summed E-state index contributed by atoms with van der Waals surface area (Å²) >= 11 is 0. The van der Waals surface area contributed by atoms with Crippen molar-refractivity contribution in [3.8, 4) is 28.1 Å². The Morgan fingerprint density at radius 2 is 1.90 bits per heavy atom. The van der Waals surface area contributed by atoms with Crippen molar-refractivity contribution in [3.05, 3.63) is 60.3 Å². The molecular weight excluding hydrogens is 264 g/mol. The van der Waals surface area contributed by atoms with Crippen molar-refractivity contribution in [2.75, 3.05) is 7.11 Å². The highest BCUT2D eigenvalue weighted by molar-refractivity contribution is 5.87. The molecule has 104 valence electrons. The summed E-state index contributed by atoms with van der Waals surface area (Å²) in [5, 5.41) is 7.15. The largest absolute Gasteiger partial charge is 0.496 e. The molecule has 0 aliphatic rings. The van der Waals surface area contributed by atoms with Gasteiger partial charge >= 0.3 is 0 Å². The number of rotatable bonds is 4. The maximum Gasteiger partial charge on any atom is 0.150 e. The van der Waals surface area contributed by atoms with Crippen LogP contribution < -0.4 is 4.74 Å². The third kappa shape index (κ3) is 2.43. The minimum absolute atomic E-state index is 0.603. The molecule has 0 fully saturated rings. The Bertz CT molecular complexity index is 763. The van der Waals surface area contributed by atoms with Gasteiger partial charge in [-0.05, 0) is 18.2 Å². The van der Waals surface area contributed by atoms with E-state index >= 15 is 0 Å². The van der Waals surface area contributed by atoms with Gasteiger partial charge in [-0.15, -0.1) is 0 Å². The van der Waals surface area contributed by atoms with Crippen molar-refractivity contribution in [2.45, 2.75) is 0 Å². The minimum atomic E-state index is 0.603. The molecule has 1 heterocycles. The lowest BCUT2D eigenvalue weighted by molar-refractivity contribution is 0.112. The van der Waals surface area contributed by atoms with Crippen LogP contribution in [0.2, 0.25) is 0 Å². The number of carbonyl (C=O) groups is 1. The SMILES string of the molecule is COc1ccc(C=O)cc1-c1cn[nH]c1-c1ccccc1. The summed E-state index contributed by atoms with van der Waals surface area (Å²) in [4.78, 5) is 11.0. The maximum absolute atomic E-state index is 11.0. The van der Waals surface area contributed by atoms with E-state index in [9.17, 15) is 4.79 Å². The summed E-state index contributed by atoms with van der Waals surface area (Å²) in [5.74, 6) is 0.708. The van der Waals surface area contributed by atoms with Crippen molar-refractivity contribution < 1.29 is 9.53 Å². The summed E-state index contributed by atoms with van der Waals surface area (Å²) in [6.45, 7) is 0. The first-order chi connectivity index (χ1) is 10.3. The van der Waals surface area contributed by atoms with E-state index in [4.69, 9.17) is 4.74 Å². The number of carbonyl (C=O) groups excluding carboxylic acids is 1. The molecular formula is C17H14N2O2. The van der Waals surface area contributed by atoms with Crippen LogP contribution >= 0.6 is 0 Å². The second kappa shape index (κ2) is 5.63. The minimum Gasteiger partial charge on any atom is -0.496 e. The van der Waals surface area contributed by atoms with E-state index in [-0.39, 0.29) is 0 Å². The summed E-state index contributed by atoms with van der Waals surface area (Å²) in [7, 11) is 1.61. The lowest BCUT2D eigenvalue weighted by Gasteiger charge is -2.09. The zero-order valence-electron chi connectivity index (χ0n) is 11.5. The Kier molecular flexibility index (Phi) is 3.51. The van der Waals surface area contributed by atoms with Crippen LogP contribution in [-0.4, -0.2) is 23.6 Å². The predicted octanol–water partition coefficient (Wildman–Crippen LogP) is 3.56. The van der Waals surface area contributed by atoms with Gasteiger partial charge in [-0.1, -0.05) is 30.3 Å². The molecule has 4 nitrogen and oxygen atoms in total. The molecule has 0 radical (unpaired) electrons. The van der Waals surface area contributed by atoms with Gasteiger partial charge in [-0.25, -0.2) is 0 Å². The van der Waals surface area contributed by atoms with Crippen LogP contribution in [-0.2, 0) is 0 Å². The molecule has 0 saturated carbocycles. The smallest absolute Gasteiger partial charge is 0.150 e. The first-order valence-corrected chi connectivity index (χ1v) is 6.56. The Balaban J connectivity index is 2.18. The monoisotopic (exact) mass is 278 g/mol. The summed E-state index contributed by atoms with van der Waals surface area (Å²) in [5.41, 5.74) is 4.28. The van der Waals surface area contributed by atoms with E-state index in [2.05, 4.69) is 10.2 Å². The molecule has 0 amide bonds. The number of benzene rings is 2. The Morgan fingerprint density at radius 3 is 2.62 bits per heavy atom. The van der Waals surface area contributed by atoms with Crippen LogP contribution in [0.3, 0.4) is 0 Å². The molecule has 3 aromatic rings. The third-order valence-corrected chi connectivity index (χ3v) is 3.35. The topological polar surface area (TPSA) is 55.0 Å². The number of nitrogens with zero attached hydrogens (tertiary/aromatic N) is 1. The van der Waals surface area contributed by atoms with Crippen LogP contribution in [0.5, 0.6) is 5.75 Å². The van der Waals surface area contributed by atoms with Crippen molar-refractivity contribution in [2.24, 2.45) is 0 Å². The Hall–Kier alpha value is -2.88. The number of H-pyrrole nitrogens is 1. The van der Waals surface area contributed by atoms with E-state index in [1.165, 1.54) is 0 Å². The predicted molar refractivity (Wildman–Crippen MR) is 81.4 cm³/mol. The third-order valence-electron chi connectivity index (χ3n) is 3.35. The molecule has 1 N–H and O–H groups in total. The fourth-order valence-corrected chi connectivity index (χ4v) is 2.32. The molecule has 0 saturated heterocycles. The van der Waals surface area contributed by atoms with Gasteiger partial charge in [0.25, 0.3) is 0 Å². The molecule has 0 aliphatic carbocycles. The van der Waals surface area contributed by atoms with Crippen molar-refractivity contribution in [3.63, 3.8) is 0 Å². The van der Waals surface area contributed by atoms with E-state index in [1.807, 2.05) is 36.4 Å². The highest BCUT2D eigenvalue weighted by atomic mass is 16.5. The van der Waals surface area contributed by atoms with Gasteiger partial charge < -0.3 is 4.74 Å². The molecule has 3 rings (SSSR count). The van der Waals surface area contributed by atoms with Gasteiger partial charge in [0.15, 0.2) is 0 Å². The number of ether oxygens (including phenoxy) is 1. The van der Waals surface area contributed by atoms with Crippen molar-refractivity contribution in [1.82, 2.24) is 10.2 Å².